The third-order valence-electron chi connectivity index (χ3n) is 6.27. The van der Waals surface area contributed by atoms with Crippen LogP contribution < -0.4 is 0 Å². The van der Waals surface area contributed by atoms with E-state index in [0.29, 0.717) is 5.92 Å². The average Bonchev–Trinajstić information content (AvgIpc) is 3.39. The molecule has 1 aromatic heterocycles. The Bertz CT molecular complexity index is 969. The van der Waals surface area contributed by atoms with Gasteiger partial charge in [-0.25, -0.2) is 4.39 Å². The van der Waals surface area contributed by atoms with Crippen LogP contribution in [-0.2, 0) is 4.79 Å². The highest BCUT2D eigenvalue weighted by molar-refractivity contribution is 5.84. The Balaban J connectivity index is 1.22. The topological polar surface area (TPSA) is 36.1 Å². The van der Waals surface area contributed by atoms with E-state index in [9.17, 15) is 9.18 Å². The Hall–Kier alpha value is -2.62. The first kappa shape index (κ1) is 16.5. The Kier molecular flexibility index (Phi) is 4.00. The van der Waals surface area contributed by atoms with Crippen LogP contribution >= 0.6 is 0 Å². The maximum absolute atomic E-state index is 13.1. The highest BCUT2D eigenvalue weighted by Gasteiger charge is 2.46. The van der Waals surface area contributed by atoms with Crippen molar-refractivity contribution in [1.82, 2.24) is 9.88 Å². The van der Waals surface area contributed by atoms with Crippen LogP contribution in [0.25, 0.3) is 10.9 Å². The van der Waals surface area contributed by atoms with Crippen LogP contribution in [0.5, 0.6) is 0 Å². The van der Waals surface area contributed by atoms with Gasteiger partial charge in [0.2, 0.25) is 5.91 Å². The number of nitrogens with one attached hydrogen (secondary N) is 1. The van der Waals surface area contributed by atoms with Crippen LogP contribution in [0.4, 0.5) is 4.39 Å². The van der Waals surface area contributed by atoms with E-state index in [4.69, 9.17) is 0 Å². The lowest BCUT2D eigenvalue weighted by atomic mass is 9.89. The van der Waals surface area contributed by atoms with Crippen molar-refractivity contribution in [1.29, 1.82) is 0 Å². The highest BCUT2D eigenvalue weighted by Crippen LogP contribution is 2.49. The standard InChI is InChI=1S/C23H23FN2O/c24-17-7-5-15(6-8-17)19-13-20(19)23(27)26-11-9-16(10-12-26)21-14-25-22-4-2-1-3-18(21)22/h1-8,14,16,19-20,25H,9-13H2. The van der Waals surface area contributed by atoms with Gasteiger partial charge in [0.05, 0.1) is 0 Å². The number of carbonyl (C=O) groups is 1. The lowest BCUT2D eigenvalue weighted by molar-refractivity contribution is -0.133. The van der Waals surface area contributed by atoms with Gasteiger partial charge in [-0.05, 0) is 60.4 Å². The SMILES string of the molecule is O=C(C1CC1c1ccc(F)cc1)N1CCC(c2c[nH]c3ccccc23)CC1. The molecule has 138 valence electrons. The molecular weight excluding hydrogens is 339 g/mol. The summed E-state index contributed by atoms with van der Waals surface area (Å²) in [7, 11) is 0. The minimum atomic E-state index is -0.221. The fourth-order valence-corrected chi connectivity index (χ4v) is 4.62. The lowest BCUT2D eigenvalue weighted by Gasteiger charge is -2.32. The maximum Gasteiger partial charge on any atom is 0.226 e. The largest absolute Gasteiger partial charge is 0.361 e. The quantitative estimate of drug-likeness (QED) is 0.713. The van der Waals surface area contributed by atoms with E-state index in [1.807, 2.05) is 17.0 Å². The fraction of sp³-hybridized carbons (Fsp3) is 0.348. The van der Waals surface area contributed by atoms with E-state index in [1.165, 1.54) is 28.6 Å². The van der Waals surface area contributed by atoms with Gasteiger partial charge in [0, 0.05) is 36.1 Å². The molecule has 1 saturated carbocycles. The van der Waals surface area contributed by atoms with Crippen LogP contribution in [0, 0.1) is 11.7 Å². The molecule has 2 atom stereocenters. The van der Waals surface area contributed by atoms with Crippen molar-refractivity contribution in [2.75, 3.05) is 13.1 Å². The number of fused-ring (bicyclic) bond motifs is 1. The molecule has 2 heterocycles. The fourth-order valence-electron chi connectivity index (χ4n) is 4.62. The number of hydrogen-bond donors (Lipinski definition) is 1. The molecule has 0 radical (unpaired) electrons. The molecule has 1 N–H and O–H groups in total. The van der Waals surface area contributed by atoms with Gasteiger partial charge in [-0.15, -0.1) is 0 Å². The van der Waals surface area contributed by atoms with Gasteiger partial charge in [0.25, 0.3) is 0 Å². The molecular formula is C23H23FN2O. The molecule has 2 aliphatic rings. The predicted molar refractivity (Wildman–Crippen MR) is 104 cm³/mol. The Morgan fingerprint density at radius 3 is 2.56 bits per heavy atom. The van der Waals surface area contributed by atoms with Crippen molar-refractivity contribution >= 4 is 16.8 Å². The second-order valence-electron chi connectivity index (χ2n) is 7.89. The number of hydrogen-bond acceptors (Lipinski definition) is 1. The summed E-state index contributed by atoms with van der Waals surface area (Å²) in [6.07, 6.45) is 5.06. The molecule has 2 unspecified atom stereocenters. The number of likely N-dealkylation sites (tertiary alicyclic amines) is 1. The third kappa shape index (κ3) is 3.03. The molecule has 1 aliphatic heterocycles. The van der Waals surface area contributed by atoms with E-state index in [2.05, 4.69) is 35.4 Å². The molecule has 1 amide bonds. The van der Waals surface area contributed by atoms with Crippen LogP contribution in [0.15, 0.2) is 54.7 Å². The Morgan fingerprint density at radius 2 is 1.78 bits per heavy atom. The van der Waals surface area contributed by atoms with E-state index in [-0.39, 0.29) is 23.6 Å². The van der Waals surface area contributed by atoms with Crippen molar-refractivity contribution in [3.8, 4) is 0 Å². The van der Waals surface area contributed by atoms with Gasteiger partial charge in [-0.3, -0.25) is 4.79 Å². The zero-order valence-corrected chi connectivity index (χ0v) is 15.2. The molecule has 1 saturated heterocycles. The molecule has 3 aromatic rings. The van der Waals surface area contributed by atoms with Crippen LogP contribution in [0.3, 0.4) is 0 Å². The molecule has 4 heteroatoms. The van der Waals surface area contributed by atoms with Crippen LogP contribution in [-0.4, -0.2) is 28.9 Å². The molecule has 27 heavy (non-hydrogen) atoms. The average molecular weight is 362 g/mol. The van der Waals surface area contributed by atoms with Gasteiger partial charge in [0.15, 0.2) is 0 Å². The third-order valence-corrected chi connectivity index (χ3v) is 6.27. The van der Waals surface area contributed by atoms with Crippen LogP contribution in [0.1, 0.15) is 42.2 Å². The summed E-state index contributed by atoms with van der Waals surface area (Å²) in [4.78, 5) is 18.3. The number of rotatable bonds is 3. The highest BCUT2D eigenvalue weighted by atomic mass is 19.1. The van der Waals surface area contributed by atoms with Gasteiger partial charge in [-0.1, -0.05) is 30.3 Å². The predicted octanol–water partition coefficient (Wildman–Crippen LogP) is 4.82. The number of aromatic amines is 1. The van der Waals surface area contributed by atoms with E-state index in [0.717, 1.165) is 37.9 Å². The summed E-state index contributed by atoms with van der Waals surface area (Å²) in [5.74, 6) is 0.921. The van der Waals surface area contributed by atoms with Crippen molar-refractivity contribution in [3.63, 3.8) is 0 Å². The monoisotopic (exact) mass is 362 g/mol. The van der Waals surface area contributed by atoms with Crippen molar-refractivity contribution in [2.24, 2.45) is 5.92 Å². The molecule has 3 nitrogen and oxygen atoms in total. The van der Waals surface area contributed by atoms with E-state index < -0.39 is 0 Å². The first-order valence-corrected chi connectivity index (χ1v) is 9.81. The zero-order valence-electron chi connectivity index (χ0n) is 15.2. The number of para-hydroxylation sites is 1. The number of amides is 1. The summed E-state index contributed by atoms with van der Waals surface area (Å²) in [5, 5.41) is 1.31. The lowest BCUT2D eigenvalue weighted by Crippen LogP contribution is -2.39. The molecule has 2 aromatic carbocycles. The van der Waals surface area contributed by atoms with Gasteiger partial charge < -0.3 is 9.88 Å². The van der Waals surface area contributed by atoms with Gasteiger partial charge >= 0.3 is 0 Å². The zero-order chi connectivity index (χ0) is 18.4. The summed E-state index contributed by atoms with van der Waals surface area (Å²) in [6.45, 7) is 1.66. The van der Waals surface area contributed by atoms with Gasteiger partial charge in [0.1, 0.15) is 5.82 Å². The summed E-state index contributed by atoms with van der Waals surface area (Å²) in [6, 6.07) is 15.0. The van der Waals surface area contributed by atoms with Crippen molar-refractivity contribution in [3.05, 3.63) is 71.7 Å². The normalized spacial score (nSPS) is 22.9. The molecule has 2 fully saturated rings. The molecule has 0 spiro atoms. The van der Waals surface area contributed by atoms with Crippen molar-refractivity contribution < 1.29 is 9.18 Å². The Labute approximate surface area is 158 Å². The van der Waals surface area contributed by atoms with E-state index in [1.54, 1.807) is 0 Å². The number of nitrogens with zero attached hydrogens (tertiary/aromatic N) is 1. The second-order valence-corrected chi connectivity index (χ2v) is 7.89. The summed E-state index contributed by atoms with van der Waals surface area (Å²) in [5.41, 5.74) is 3.66. The van der Waals surface area contributed by atoms with Crippen molar-refractivity contribution in [2.45, 2.75) is 31.1 Å². The number of aromatic nitrogens is 1. The smallest absolute Gasteiger partial charge is 0.226 e. The molecule has 5 rings (SSSR count). The molecule has 0 bridgehead atoms. The first-order chi connectivity index (χ1) is 13.2. The minimum Gasteiger partial charge on any atom is -0.361 e. The number of carbonyl (C=O) groups excluding carboxylic acids is 1. The first-order valence-electron chi connectivity index (χ1n) is 9.81. The minimum absolute atomic E-state index is 0.0834. The maximum atomic E-state index is 13.1. The number of halogens is 1. The number of piperidine rings is 1. The van der Waals surface area contributed by atoms with Crippen LogP contribution in [0.2, 0.25) is 0 Å². The van der Waals surface area contributed by atoms with E-state index >= 15 is 0 Å². The van der Waals surface area contributed by atoms with Gasteiger partial charge in [-0.2, -0.15) is 0 Å². The summed E-state index contributed by atoms with van der Waals surface area (Å²) >= 11 is 0. The molecule has 1 aliphatic carbocycles. The number of H-pyrrole nitrogens is 1. The Morgan fingerprint density at radius 1 is 1.04 bits per heavy atom. The summed E-state index contributed by atoms with van der Waals surface area (Å²) < 4.78 is 13.1. The number of benzene rings is 2. The second kappa shape index (κ2) is 6.52.